The Labute approximate surface area is 72.3 Å². The molecule has 0 aliphatic carbocycles. The highest BCUT2D eigenvalue weighted by Crippen LogP contribution is 2.06. The summed E-state index contributed by atoms with van der Waals surface area (Å²) in [4.78, 5) is 3.95. The van der Waals surface area contributed by atoms with Crippen LogP contribution in [0.15, 0.2) is 31.0 Å². The summed E-state index contributed by atoms with van der Waals surface area (Å²) in [6.45, 7) is 4.51. The number of nitrogens with one attached hydrogen (secondary N) is 1. The van der Waals surface area contributed by atoms with E-state index < -0.39 is 0 Å². The fraction of sp³-hybridized carbons (Fsp3) is 0.222. The maximum atomic E-state index is 5.43. The van der Waals surface area contributed by atoms with Crippen LogP contribution in [0.1, 0.15) is 6.42 Å². The maximum absolute atomic E-state index is 5.43. The standard InChI is InChI=1S/C9H13N3/c1-2-3-6-11-8-4-5-9(10)12-7-8/h2,4-5,7,11H,1,3,6H2,(H2,10,12). The van der Waals surface area contributed by atoms with Crippen molar-refractivity contribution in [1.82, 2.24) is 4.98 Å². The van der Waals surface area contributed by atoms with Gasteiger partial charge in [0.1, 0.15) is 5.82 Å². The van der Waals surface area contributed by atoms with Crippen molar-refractivity contribution in [2.45, 2.75) is 6.42 Å². The molecule has 0 unspecified atom stereocenters. The summed E-state index contributed by atoms with van der Waals surface area (Å²) < 4.78 is 0. The van der Waals surface area contributed by atoms with Crippen LogP contribution in [0.2, 0.25) is 0 Å². The quantitative estimate of drug-likeness (QED) is 0.524. The van der Waals surface area contributed by atoms with Gasteiger partial charge in [0.25, 0.3) is 0 Å². The van der Waals surface area contributed by atoms with Crippen molar-refractivity contribution < 1.29 is 0 Å². The fourth-order valence-electron chi connectivity index (χ4n) is 0.828. The second kappa shape index (κ2) is 4.38. The number of anilines is 2. The lowest BCUT2D eigenvalue weighted by molar-refractivity contribution is 1.07. The summed E-state index contributed by atoms with van der Waals surface area (Å²) in [7, 11) is 0. The number of hydrogen-bond donors (Lipinski definition) is 2. The van der Waals surface area contributed by atoms with Crippen molar-refractivity contribution in [1.29, 1.82) is 0 Å². The molecule has 0 amide bonds. The maximum Gasteiger partial charge on any atom is 0.123 e. The molecule has 0 bridgehead atoms. The number of nitrogen functional groups attached to an aromatic ring is 1. The number of nitrogens with zero attached hydrogens (tertiary/aromatic N) is 1. The van der Waals surface area contributed by atoms with Crippen molar-refractivity contribution in [3.63, 3.8) is 0 Å². The lowest BCUT2D eigenvalue weighted by atomic mass is 10.3. The number of rotatable bonds is 4. The van der Waals surface area contributed by atoms with E-state index in [1.165, 1.54) is 0 Å². The van der Waals surface area contributed by atoms with E-state index >= 15 is 0 Å². The third kappa shape index (κ3) is 2.62. The Kier molecular flexibility index (Phi) is 3.14. The van der Waals surface area contributed by atoms with Crippen LogP contribution in [0.3, 0.4) is 0 Å². The minimum Gasteiger partial charge on any atom is -0.384 e. The summed E-state index contributed by atoms with van der Waals surface area (Å²) in [5, 5.41) is 3.18. The minimum absolute atomic E-state index is 0.546. The highest BCUT2D eigenvalue weighted by molar-refractivity contribution is 5.45. The molecule has 12 heavy (non-hydrogen) atoms. The first-order chi connectivity index (χ1) is 5.83. The molecule has 3 heteroatoms. The number of nitrogens with two attached hydrogens (primary N) is 1. The Morgan fingerprint density at radius 1 is 1.58 bits per heavy atom. The Bertz CT molecular complexity index is 240. The van der Waals surface area contributed by atoms with Crippen LogP contribution in [-0.2, 0) is 0 Å². The number of pyridine rings is 1. The van der Waals surface area contributed by atoms with Crippen molar-refractivity contribution in [3.8, 4) is 0 Å². The average molecular weight is 163 g/mol. The van der Waals surface area contributed by atoms with Gasteiger partial charge >= 0.3 is 0 Å². The smallest absolute Gasteiger partial charge is 0.123 e. The van der Waals surface area contributed by atoms with Gasteiger partial charge in [-0.1, -0.05) is 6.08 Å². The van der Waals surface area contributed by atoms with Crippen molar-refractivity contribution in [3.05, 3.63) is 31.0 Å². The van der Waals surface area contributed by atoms with E-state index in [0.29, 0.717) is 5.82 Å². The second-order valence-corrected chi connectivity index (χ2v) is 2.48. The second-order valence-electron chi connectivity index (χ2n) is 2.48. The zero-order valence-corrected chi connectivity index (χ0v) is 6.96. The van der Waals surface area contributed by atoms with E-state index in [4.69, 9.17) is 5.73 Å². The molecule has 1 rings (SSSR count). The molecular formula is C9H13N3. The van der Waals surface area contributed by atoms with Crippen LogP contribution >= 0.6 is 0 Å². The summed E-state index contributed by atoms with van der Waals surface area (Å²) >= 11 is 0. The molecule has 0 saturated heterocycles. The first kappa shape index (κ1) is 8.59. The summed E-state index contributed by atoms with van der Waals surface area (Å²) in [6, 6.07) is 3.68. The third-order valence-electron chi connectivity index (χ3n) is 1.46. The minimum atomic E-state index is 0.546. The van der Waals surface area contributed by atoms with Crippen LogP contribution in [0.25, 0.3) is 0 Å². The third-order valence-corrected chi connectivity index (χ3v) is 1.46. The molecule has 0 spiro atoms. The lowest BCUT2D eigenvalue weighted by Gasteiger charge is -2.03. The van der Waals surface area contributed by atoms with Gasteiger partial charge in [0.05, 0.1) is 11.9 Å². The Hall–Kier alpha value is -1.51. The highest BCUT2D eigenvalue weighted by Gasteiger charge is 1.89. The van der Waals surface area contributed by atoms with Crippen LogP contribution in [0, 0.1) is 0 Å². The monoisotopic (exact) mass is 163 g/mol. The summed E-state index contributed by atoms with van der Waals surface area (Å²) in [6.07, 6.45) is 4.54. The zero-order valence-electron chi connectivity index (χ0n) is 6.96. The predicted molar refractivity (Wildman–Crippen MR) is 52.0 cm³/mol. The van der Waals surface area contributed by atoms with Crippen LogP contribution in [0.5, 0.6) is 0 Å². The van der Waals surface area contributed by atoms with E-state index in [1.807, 2.05) is 12.1 Å². The van der Waals surface area contributed by atoms with Crippen molar-refractivity contribution in [2.24, 2.45) is 0 Å². The molecule has 1 heterocycles. The van der Waals surface area contributed by atoms with Gasteiger partial charge in [-0.25, -0.2) is 4.98 Å². The van der Waals surface area contributed by atoms with Gasteiger partial charge in [-0.05, 0) is 18.6 Å². The molecule has 0 radical (unpaired) electrons. The van der Waals surface area contributed by atoms with Crippen LogP contribution in [0.4, 0.5) is 11.5 Å². The molecule has 3 nitrogen and oxygen atoms in total. The van der Waals surface area contributed by atoms with Gasteiger partial charge in [0.15, 0.2) is 0 Å². The molecular weight excluding hydrogens is 150 g/mol. The molecule has 3 N–H and O–H groups in total. The first-order valence-electron chi connectivity index (χ1n) is 3.89. The van der Waals surface area contributed by atoms with Crippen LogP contribution < -0.4 is 11.1 Å². The summed E-state index contributed by atoms with van der Waals surface area (Å²) in [5.41, 5.74) is 6.42. The first-order valence-corrected chi connectivity index (χ1v) is 3.89. The van der Waals surface area contributed by atoms with E-state index in [0.717, 1.165) is 18.7 Å². The van der Waals surface area contributed by atoms with Crippen molar-refractivity contribution >= 4 is 11.5 Å². The Morgan fingerprint density at radius 3 is 3.00 bits per heavy atom. The van der Waals surface area contributed by atoms with Gasteiger partial charge in [-0.2, -0.15) is 0 Å². The van der Waals surface area contributed by atoms with Gasteiger partial charge in [-0.15, -0.1) is 6.58 Å². The van der Waals surface area contributed by atoms with Crippen LogP contribution in [-0.4, -0.2) is 11.5 Å². The van der Waals surface area contributed by atoms with Gasteiger partial charge in [0, 0.05) is 6.54 Å². The zero-order chi connectivity index (χ0) is 8.81. The normalized spacial score (nSPS) is 9.33. The molecule has 0 fully saturated rings. The number of hydrogen-bond acceptors (Lipinski definition) is 3. The molecule has 0 atom stereocenters. The van der Waals surface area contributed by atoms with Gasteiger partial charge in [0.2, 0.25) is 0 Å². The fourth-order valence-corrected chi connectivity index (χ4v) is 0.828. The highest BCUT2D eigenvalue weighted by atomic mass is 14.9. The van der Waals surface area contributed by atoms with Crippen molar-refractivity contribution in [2.75, 3.05) is 17.6 Å². The number of aromatic nitrogens is 1. The average Bonchev–Trinajstić information content (AvgIpc) is 2.09. The van der Waals surface area contributed by atoms with Gasteiger partial charge < -0.3 is 11.1 Å². The van der Waals surface area contributed by atoms with E-state index in [9.17, 15) is 0 Å². The molecule has 1 aromatic heterocycles. The van der Waals surface area contributed by atoms with E-state index in [2.05, 4.69) is 16.9 Å². The topological polar surface area (TPSA) is 50.9 Å². The summed E-state index contributed by atoms with van der Waals surface area (Å²) in [5.74, 6) is 0.546. The Balaban J connectivity index is 2.42. The largest absolute Gasteiger partial charge is 0.384 e. The molecule has 0 aromatic carbocycles. The SMILES string of the molecule is C=CCCNc1ccc(N)nc1. The van der Waals surface area contributed by atoms with E-state index in [1.54, 1.807) is 12.3 Å². The predicted octanol–water partition coefficient (Wildman–Crippen LogP) is 1.65. The van der Waals surface area contributed by atoms with Gasteiger partial charge in [-0.3, -0.25) is 0 Å². The van der Waals surface area contributed by atoms with E-state index in [-0.39, 0.29) is 0 Å². The Morgan fingerprint density at radius 2 is 2.42 bits per heavy atom. The molecule has 1 aromatic rings. The molecule has 0 aliphatic heterocycles. The molecule has 0 aliphatic rings. The lowest BCUT2D eigenvalue weighted by Crippen LogP contribution is -2.00. The molecule has 64 valence electrons. The molecule has 0 saturated carbocycles.